The number of aryl methyl sites for hydroxylation is 1. The Hall–Kier alpha value is 0.306. The molecule has 1 heterocycles. The molecule has 1 aliphatic carbocycles. The van der Waals surface area contributed by atoms with Gasteiger partial charge < -0.3 is 0 Å². The van der Waals surface area contributed by atoms with Crippen LogP contribution in [0, 0.1) is 6.92 Å². The Morgan fingerprint density at radius 3 is 2.47 bits per heavy atom. The van der Waals surface area contributed by atoms with E-state index >= 15 is 0 Å². The summed E-state index contributed by atoms with van der Waals surface area (Å²) in [6, 6.07) is 7.00. The van der Waals surface area contributed by atoms with E-state index in [1.165, 1.54) is 0 Å². The van der Waals surface area contributed by atoms with E-state index in [0.29, 0.717) is 60.2 Å². The van der Waals surface area contributed by atoms with Crippen LogP contribution in [0.4, 0.5) is 0 Å². The van der Waals surface area contributed by atoms with E-state index in [-0.39, 0.29) is 5.04 Å². The number of aliphatic hydroxyl groups excluding tert-OH is 1. The van der Waals surface area contributed by atoms with Gasteiger partial charge in [-0.15, -0.1) is 0 Å². The van der Waals surface area contributed by atoms with Crippen molar-refractivity contribution in [3.05, 3.63) is 29.8 Å². The van der Waals surface area contributed by atoms with E-state index in [9.17, 15) is 13.5 Å². The number of hydrogen-bond donors (Lipinski definition) is 2. The summed E-state index contributed by atoms with van der Waals surface area (Å²) >= 11 is 0.830. The number of benzene rings is 1. The minimum absolute atomic E-state index is 0.110. The Bertz CT molecular complexity index is 857. The molecule has 3 rings (SSSR count). The first-order valence-corrected chi connectivity index (χ1v) is 21.2. The molecule has 30 heavy (non-hydrogen) atoms. The summed E-state index contributed by atoms with van der Waals surface area (Å²) < 4.78 is 36.1. The maximum absolute atomic E-state index is 13.3. The minimum atomic E-state index is -3.67. The van der Waals surface area contributed by atoms with Crippen LogP contribution >= 0.6 is 0 Å². The van der Waals surface area contributed by atoms with Crippen molar-refractivity contribution in [3.8, 4) is 0 Å². The van der Waals surface area contributed by atoms with Crippen molar-refractivity contribution in [2.45, 2.75) is 91.3 Å². The SMILES string of the molecule is Cc1ccc(S(=O)(=O)N[C@]2(CCO[Si](C)(C)C(C)(C)C)C[C@H](O)[C@@H]3C[C@H]2[Se][Se]3)cc1. The van der Waals surface area contributed by atoms with E-state index in [4.69, 9.17) is 4.43 Å². The third-order valence-electron chi connectivity index (χ3n) is 6.85. The fraction of sp³-hybridized carbons (Fsp3) is 0.714. The van der Waals surface area contributed by atoms with Gasteiger partial charge in [-0.1, -0.05) is 0 Å². The zero-order chi connectivity index (χ0) is 22.4. The van der Waals surface area contributed by atoms with E-state index in [2.05, 4.69) is 38.6 Å². The van der Waals surface area contributed by atoms with Gasteiger partial charge in [0, 0.05) is 0 Å². The van der Waals surface area contributed by atoms with Gasteiger partial charge in [-0.25, -0.2) is 0 Å². The molecule has 0 aromatic heterocycles. The van der Waals surface area contributed by atoms with Crippen LogP contribution in [-0.4, -0.2) is 66.4 Å². The second kappa shape index (κ2) is 8.92. The van der Waals surface area contributed by atoms with E-state index in [1.807, 2.05) is 19.1 Å². The molecule has 1 aliphatic heterocycles. The van der Waals surface area contributed by atoms with Crippen molar-refractivity contribution in [2.75, 3.05) is 6.61 Å². The maximum atomic E-state index is 13.3. The standard InChI is InChI=1S/C21H35NO4SSe2Si/c1-15-7-9-16(10-8-15)27(24,25)22-21(11-12-26-30(5,6)20(2,3)4)14-17(23)18-13-19(21)29-28-18/h7-10,17-19,22-23H,11-14H2,1-6H3/t17-,18-,19+,21+/m0/s1. The molecule has 2 fully saturated rings. The van der Waals surface area contributed by atoms with Gasteiger partial charge in [0.15, 0.2) is 0 Å². The van der Waals surface area contributed by atoms with Crippen LogP contribution in [0.25, 0.3) is 0 Å². The van der Waals surface area contributed by atoms with E-state index < -0.39 is 30.0 Å². The fourth-order valence-electron chi connectivity index (χ4n) is 3.77. The summed E-state index contributed by atoms with van der Waals surface area (Å²) in [5, 5.41) is 10.9. The monoisotopic (exact) mass is 585 g/mol. The van der Waals surface area contributed by atoms with Crippen molar-refractivity contribution < 1.29 is 18.0 Å². The third kappa shape index (κ3) is 5.27. The zero-order valence-electron chi connectivity index (χ0n) is 18.8. The van der Waals surface area contributed by atoms with Crippen LogP contribution in [0.15, 0.2) is 29.2 Å². The zero-order valence-corrected chi connectivity index (χ0v) is 24.0. The van der Waals surface area contributed by atoms with Gasteiger partial charge in [0.2, 0.25) is 0 Å². The average molecular weight is 584 g/mol. The quantitative estimate of drug-likeness (QED) is 0.482. The van der Waals surface area contributed by atoms with Gasteiger partial charge in [-0.05, 0) is 0 Å². The molecular weight excluding hydrogens is 548 g/mol. The van der Waals surface area contributed by atoms with Gasteiger partial charge in [0.25, 0.3) is 0 Å². The number of rotatable bonds is 7. The fourth-order valence-corrected chi connectivity index (χ4v) is 18.4. The first-order chi connectivity index (χ1) is 13.8. The summed E-state index contributed by atoms with van der Waals surface area (Å²) in [6.07, 6.45) is 1.64. The van der Waals surface area contributed by atoms with Crippen LogP contribution in [0.3, 0.4) is 0 Å². The summed E-state index contributed by atoms with van der Waals surface area (Å²) in [5.74, 6) is 0. The van der Waals surface area contributed by atoms with Crippen molar-refractivity contribution >= 4 is 44.6 Å². The molecule has 2 bridgehead atoms. The molecule has 170 valence electrons. The Morgan fingerprint density at radius 1 is 1.23 bits per heavy atom. The number of nitrogens with one attached hydrogen (secondary N) is 1. The molecule has 1 aromatic rings. The van der Waals surface area contributed by atoms with Gasteiger partial charge in [0.05, 0.1) is 0 Å². The Balaban J connectivity index is 1.85. The predicted octanol–water partition coefficient (Wildman–Crippen LogP) is 3.49. The van der Waals surface area contributed by atoms with Gasteiger partial charge >= 0.3 is 195 Å². The van der Waals surface area contributed by atoms with Crippen LogP contribution in [0.1, 0.15) is 45.6 Å². The Kier molecular flexibility index (Phi) is 7.42. The molecular formula is C21H35NO4SSe2Si. The number of hydrogen-bond acceptors (Lipinski definition) is 4. The van der Waals surface area contributed by atoms with Crippen molar-refractivity contribution in [1.29, 1.82) is 0 Å². The van der Waals surface area contributed by atoms with Crippen LogP contribution in [-0.2, 0) is 14.4 Å². The third-order valence-corrected chi connectivity index (χ3v) is 23.0. The molecule has 1 saturated carbocycles. The number of aliphatic hydroxyl groups is 1. The topological polar surface area (TPSA) is 75.6 Å². The normalized spacial score (nSPS) is 29.9. The van der Waals surface area contributed by atoms with Crippen molar-refractivity contribution in [2.24, 2.45) is 0 Å². The van der Waals surface area contributed by atoms with Gasteiger partial charge in [0.1, 0.15) is 0 Å². The van der Waals surface area contributed by atoms with Crippen LogP contribution in [0.5, 0.6) is 0 Å². The van der Waals surface area contributed by atoms with Crippen LogP contribution in [0.2, 0.25) is 27.8 Å². The molecule has 0 radical (unpaired) electrons. The second-order valence-corrected chi connectivity index (χ2v) is 24.1. The number of fused-ring (bicyclic) bond motifs is 2. The molecule has 1 saturated heterocycles. The molecule has 4 atom stereocenters. The molecule has 2 aliphatic rings. The Labute approximate surface area is 194 Å². The summed E-state index contributed by atoms with van der Waals surface area (Å²) in [4.78, 5) is 1.02. The molecule has 9 heteroatoms. The number of sulfonamides is 1. The molecule has 0 unspecified atom stereocenters. The average Bonchev–Trinajstić information content (AvgIpc) is 3.07. The summed E-state index contributed by atoms with van der Waals surface area (Å²) in [6.45, 7) is 13.6. The first-order valence-electron chi connectivity index (χ1n) is 10.5. The molecule has 2 N–H and O–H groups in total. The predicted molar refractivity (Wildman–Crippen MR) is 126 cm³/mol. The van der Waals surface area contributed by atoms with Gasteiger partial charge in [-0.3, -0.25) is 0 Å². The van der Waals surface area contributed by atoms with Gasteiger partial charge in [-0.2, -0.15) is 0 Å². The summed E-state index contributed by atoms with van der Waals surface area (Å²) in [7, 11) is -5.59. The van der Waals surface area contributed by atoms with Crippen molar-refractivity contribution in [1.82, 2.24) is 4.72 Å². The molecule has 1 aromatic carbocycles. The molecule has 0 amide bonds. The molecule has 5 nitrogen and oxygen atoms in total. The second-order valence-electron chi connectivity index (χ2n) is 10.2. The summed E-state index contributed by atoms with van der Waals surface area (Å²) in [5.41, 5.74) is 0.421. The molecule has 0 spiro atoms. The van der Waals surface area contributed by atoms with Crippen molar-refractivity contribution in [3.63, 3.8) is 0 Å². The van der Waals surface area contributed by atoms with E-state index in [0.717, 1.165) is 12.0 Å². The van der Waals surface area contributed by atoms with E-state index in [1.54, 1.807) is 12.1 Å². The Morgan fingerprint density at radius 2 is 1.87 bits per heavy atom. The first kappa shape index (κ1) is 24.9. The van der Waals surface area contributed by atoms with Crippen LogP contribution < -0.4 is 4.72 Å².